The van der Waals surface area contributed by atoms with E-state index in [1.165, 1.54) is 12.1 Å². The van der Waals surface area contributed by atoms with E-state index >= 15 is 0 Å². The number of hydrogen-bond donors (Lipinski definition) is 1. The second-order valence-electron chi connectivity index (χ2n) is 5.47. The number of hydrogen-bond acceptors (Lipinski definition) is 3. The molecule has 1 aromatic carbocycles. The SMILES string of the molecule is CC1CC(OCc2cc(F)cc(C#CCO)c2)CC(C)O1. The fourth-order valence-electron chi connectivity index (χ4n) is 2.64. The van der Waals surface area contributed by atoms with E-state index in [4.69, 9.17) is 14.6 Å². The van der Waals surface area contributed by atoms with Gasteiger partial charge in [0.15, 0.2) is 0 Å². The Hall–Kier alpha value is -1.41. The van der Waals surface area contributed by atoms with Crippen molar-refractivity contribution in [2.24, 2.45) is 0 Å². The maximum Gasteiger partial charge on any atom is 0.124 e. The average Bonchev–Trinajstić information content (AvgIpc) is 2.41. The Morgan fingerprint density at radius 1 is 1.29 bits per heavy atom. The van der Waals surface area contributed by atoms with E-state index < -0.39 is 0 Å². The molecule has 0 amide bonds. The summed E-state index contributed by atoms with van der Waals surface area (Å²) < 4.78 is 25.1. The molecule has 0 bridgehead atoms. The van der Waals surface area contributed by atoms with Crippen LogP contribution >= 0.6 is 0 Å². The molecule has 1 aromatic rings. The topological polar surface area (TPSA) is 38.7 Å². The Labute approximate surface area is 125 Å². The molecule has 1 heterocycles. The van der Waals surface area contributed by atoms with Gasteiger partial charge in [0, 0.05) is 5.56 Å². The monoisotopic (exact) mass is 292 g/mol. The van der Waals surface area contributed by atoms with Crippen LogP contribution in [-0.4, -0.2) is 30.0 Å². The second kappa shape index (κ2) is 7.56. The molecule has 1 aliphatic rings. The van der Waals surface area contributed by atoms with Crippen molar-refractivity contribution in [2.75, 3.05) is 6.61 Å². The standard InChI is InChI=1S/C17H21FO3/c1-12-6-17(7-13(2)21-12)20-11-15-8-14(4-3-5-19)9-16(18)10-15/h8-10,12-13,17,19H,5-7,11H2,1-2H3. The lowest BCUT2D eigenvalue weighted by molar-refractivity contribution is -0.106. The zero-order valence-electron chi connectivity index (χ0n) is 12.4. The third kappa shape index (κ3) is 5.13. The number of halogens is 1. The predicted octanol–water partition coefficient (Wildman–Crippen LogP) is 2.64. The van der Waals surface area contributed by atoms with Crippen LogP contribution in [0.4, 0.5) is 4.39 Å². The van der Waals surface area contributed by atoms with Gasteiger partial charge in [-0.05, 0) is 50.5 Å². The van der Waals surface area contributed by atoms with Crippen LogP contribution in [0.5, 0.6) is 0 Å². The lowest BCUT2D eigenvalue weighted by Crippen LogP contribution is -2.34. The van der Waals surface area contributed by atoms with Gasteiger partial charge in [-0.25, -0.2) is 4.39 Å². The average molecular weight is 292 g/mol. The number of rotatable bonds is 3. The molecule has 0 aliphatic carbocycles. The minimum atomic E-state index is -0.341. The second-order valence-corrected chi connectivity index (χ2v) is 5.47. The molecule has 3 nitrogen and oxygen atoms in total. The van der Waals surface area contributed by atoms with Crippen LogP contribution in [-0.2, 0) is 16.1 Å². The summed E-state index contributed by atoms with van der Waals surface area (Å²) in [5.41, 5.74) is 1.31. The van der Waals surface area contributed by atoms with Crippen molar-refractivity contribution < 1.29 is 19.0 Å². The summed E-state index contributed by atoms with van der Waals surface area (Å²) in [7, 11) is 0. The predicted molar refractivity (Wildman–Crippen MR) is 78.2 cm³/mol. The molecule has 0 radical (unpaired) electrons. The van der Waals surface area contributed by atoms with Gasteiger partial charge < -0.3 is 14.6 Å². The Morgan fingerprint density at radius 3 is 2.67 bits per heavy atom. The fourth-order valence-corrected chi connectivity index (χ4v) is 2.64. The Balaban J connectivity index is 1.98. The highest BCUT2D eigenvalue weighted by atomic mass is 19.1. The Morgan fingerprint density at radius 2 is 2.00 bits per heavy atom. The molecule has 2 unspecified atom stereocenters. The highest BCUT2D eigenvalue weighted by Gasteiger charge is 2.24. The quantitative estimate of drug-likeness (QED) is 0.871. The lowest BCUT2D eigenvalue weighted by atomic mass is 10.0. The largest absolute Gasteiger partial charge is 0.384 e. The van der Waals surface area contributed by atoms with Gasteiger partial charge in [-0.3, -0.25) is 0 Å². The molecule has 4 heteroatoms. The summed E-state index contributed by atoms with van der Waals surface area (Å²) in [6.07, 6.45) is 2.24. The Bertz CT molecular complexity index is 523. The van der Waals surface area contributed by atoms with Crippen LogP contribution in [0.2, 0.25) is 0 Å². The lowest BCUT2D eigenvalue weighted by Gasteiger charge is -2.32. The molecule has 1 fully saturated rings. The summed E-state index contributed by atoms with van der Waals surface area (Å²) in [6.45, 7) is 4.20. The van der Waals surface area contributed by atoms with Crippen molar-refractivity contribution in [1.82, 2.24) is 0 Å². The highest BCUT2D eigenvalue weighted by Crippen LogP contribution is 2.23. The van der Waals surface area contributed by atoms with E-state index in [1.54, 1.807) is 6.07 Å². The van der Waals surface area contributed by atoms with Crippen LogP contribution < -0.4 is 0 Å². The van der Waals surface area contributed by atoms with Crippen LogP contribution in [0.15, 0.2) is 18.2 Å². The zero-order valence-corrected chi connectivity index (χ0v) is 12.4. The van der Waals surface area contributed by atoms with Crippen LogP contribution in [0.25, 0.3) is 0 Å². The normalized spacial score (nSPS) is 25.2. The minimum Gasteiger partial charge on any atom is -0.384 e. The van der Waals surface area contributed by atoms with Crippen molar-refractivity contribution in [3.63, 3.8) is 0 Å². The third-order valence-electron chi connectivity index (χ3n) is 3.41. The fraction of sp³-hybridized carbons (Fsp3) is 0.529. The molecule has 21 heavy (non-hydrogen) atoms. The number of aliphatic hydroxyl groups excluding tert-OH is 1. The molecule has 2 atom stereocenters. The van der Waals surface area contributed by atoms with E-state index in [2.05, 4.69) is 11.8 Å². The third-order valence-corrected chi connectivity index (χ3v) is 3.41. The van der Waals surface area contributed by atoms with Crippen LogP contribution in [0.1, 0.15) is 37.8 Å². The summed E-state index contributed by atoms with van der Waals surface area (Å²) in [5, 5.41) is 8.69. The molecular weight excluding hydrogens is 271 g/mol. The smallest absolute Gasteiger partial charge is 0.124 e. The van der Waals surface area contributed by atoms with Gasteiger partial charge in [0.1, 0.15) is 12.4 Å². The first kappa shape index (κ1) is 16.0. The van der Waals surface area contributed by atoms with Crippen molar-refractivity contribution in [3.8, 4) is 11.8 Å². The first-order valence-corrected chi connectivity index (χ1v) is 7.23. The maximum atomic E-state index is 13.5. The first-order valence-electron chi connectivity index (χ1n) is 7.23. The first-order chi connectivity index (χ1) is 10.1. The van der Waals surface area contributed by atoms with Gasteiger partial charge in [0.25, 0.3) is 0 Å². The van der Waals surface area contributed by atoms with E-state index in [0.29, 0.717) is 12.2 Å². The molecule has 0 saturated carbocycles. The maximum absolute atomic E-state index is 13.5. The van der Waals surface area contributed by atoms with Gasteiger partial charge in [-0.15, -0.1) is 0 Å². The highest BCUT2D eigenvalue weighted by molar-refractivity contribution is 5.37. The van der Waals surface area contributed by atoms with Gasteiger partial charge >= 0.3 is 0 Å². The van der Waals surface area contributed by atoms with Gasteiger partial charge in [-0.2, -0.15) is 0 Å². The summed E-state index contributed by atoms with van der Waals surface area (Å²) in [6, 6.07) is 4.60. The van der Waals surface area contributed by atoms with Crippen molar-refractivity contribution in [2.45, 2.75) is 51.6 Å². The number of benzene rings is 1. The molecular formula is C17H21FO3. The summed E-state index contributed by atoms with van der Waals surface area (Å²) >= 11 is 0. The van der Waals surface area contributed by atoms with Crippen molar-refractivity contribution in [3.05, 3.63) is 35.1 Å². The van der Waals surface area contributed by atoms with Gasteiger partial charge in [0.05, 0.1) is 24.9 Å². The number of aliphatic hydroxyl groups is 1. The molecule has 114 valence electrons. The van der Waals surface area contributed by atoms with Crippen molar-refractivity contribution >= 4 is 0 Å². The van der Waals surface area contributed by atoms with Gasteiger partial charge in [0.2, 0.25) is 0 Å². The van der Waals surface area contributed by atoms with Crippen LogP contribution in [0, 0.1) is 17.7 Å². The van der Waals surface area contributed by atoms with E-state index in [0.717, 1.165) is 18.4 Å². The van der Waals surface area contributed by atoms with Crippen molar-refractivity contribution in [1.29, 1.82) is 0 Å². The molecule has 0 spiro atoms. The zero-order chi connectivity index (χ0) is 15.2. The summed E-state index contributed by atoms with van der Waals surface area (Å²) in [5.74, 6) is 4.89. The molecule has 1 saturated heterocycles. The van der Waals surface area contributed by atoms with E-state index in [1.807, 2.05) is 13.8 Å². The summed E-state index contributed by atoms with van der Waals surface area (Å²) in [4.78, 5) is 0. The molecule has 1 aliphatic heterocycles. The Kier molecular flexibility index (Phi) is 5.75. The molecule has 0 aromatic heterocycles. The minimum absolute atomic E-state index is 0.138. The van der Waals surface area contributed by atoms with Crippen LogP contribution in [0.3, 0.4) is 0 Å². The van der Waals surface area contributed by atoms with E-state index in [-0.39, 0.29) is 30.7 Å². The van der Waals surface area contributed by atoms with Gasteiger partial charge in [-0.1, -0.05) is 11.8 Å². The number of ether oxygens (including phenoxy) is 2. The molecule has 2 rings (SSSR count). The molecule has 1 N–H and O–H groups in total. The van der Waals surface area contributed by atoms with E-state index in [9.17, 15) is 4.39 Å².